The van der Waals surface area contributed by atoms with Gasteiger partial charge < -0.3 is 0 Å². The van der Waals surface area contributed by atoms with E-state index >= 15 is 0 Å². The molecule has 7 nitrogen and oxygen atoms in total. The Hall–Kier alpha value is -3.00. The summed E-state index contributed by atoms with van der Waals surface area (Å²) < 4.78 is 23.9. The Balaban J connectivity index is 1.99. The number of hydrogen-bond acceptors (Lipinski definition) is 5. The highest BCUT2D eigenvalue weighted by molar-refractivity contribution is 7.89. The number of rotatable bonds is 6. The minimum absolute atomic E-state index is 0.104. The summed E-state index contributed by atoms with van der Waals surface area (Å²) in [5.74, 6) is 0. The summed E-state index contributed by atoms with van der Waals surface area (Å²) in [5.41, 5.74) is 0.774. The lowest BCUT2D eigenvalue weighted by Crippen LogP contribution is -2.18. The Labute approximate surface area is 133 Å². The van der Waals surface area contributed by atoms with E-state index in [1.165, 1.54) is 6.21 Å². The topological polar surface area (TPSA) is 102 Å². The van der Waals surface area contributed by atoms with Gasteiger partial charge in [-0.2, -0.15) is 13.5 Å². The average molecular weight is 331 g/mol. The van der Waals surface area contributed by atoms with Gasteiger partial charge >= 0.3 is 0 Å². The van der Waals surface area contributed by atoms with Crippen molar-refractivity contribution in [1.82, 2.24) is 4.83 Å². The lowest BCUT2D eigenvalue weighted by atomic mass is 10.2. The number of nitro benzene ring substituents is 1. The summed E-state index contributed by atoms with van der Waals surface area (Å²) >= 11 is 0. The Morgan fingerprint density at radius 3 is 2.30 bits per heavy atom. The molecule has 0 radical (unpaired) electrons. The van der Waals surface area contributed by atoms with E-state index in [9.17, 15) is 18.5 Å². The molecule has 1 N–H and O–H groups in total. The molecule has 0 aliphatic rings. The third-order valence-corrected chi connectivity index (χ3v) is 4.02. The van der Waals surface area contributed by atoms with Gasteiger partial charge in [0, 0.05) is 18.3 Å². The Bertz CT molecular complexity index is 829. The fraction of sp³-hybridized carbons (Fsp3) is 0. The maximum absolute atomic E-state index is 11.9. The second-order valence-corrected chi connectivity index (χ2v) is 6.05. The molecule has 0 unspecified atom stereocenters. The van der Waals surface area contributed by atoms with Crippen LogP contribution in [0.5, 0.6) is 0 Å². The Kier molecular flexibility index (Phi) is 5.21. The maximum Gasteiger partial charge on any atom is 0.276 e. The minimum Gasteiger partial charge on any atom is -0.258 e. The quantitative estimate of drug-likeness (QED) is 0.499. The maximum atomic E-state index is 11.9. The van der Waals surface area contributed by atoms with Crippen LogP contribution in [0.4, 0.5) is 5.69 Å². The number of non-ortho nitro benzene ring substituents is 1. The van der Waals surface area contributed by atoms with Gasteiger partial charge in [0.25, 0.3) is 15.7 Å². The molecule has 118 valence electrons. The number of nitrogens with one attached hydrogen (secondary N) is 1. The predicted octanol–water partition coefficient (Wildman–Crippen LogP) is 2.57. The highest BCUT2D eigenvalue weighted by Gasteiger charge is 2.14. The first-order valence-corrected chi connectivity index (χ1v) is 7.98. The van der Waals surface area contributed by atoms with Crippen LogP contribution in [0.25, 0.3) is 6.08 Å². The van der Waals surface area contributed by atoms with Crippen molar-refractivity contribution in [2.75, 3.05) is 0 Å². The molecular weight excluding hydrogens is 318 g/mol. The molecule has 0 bridgehead atoms. The molecule has 0 heterocycles. The summed E-state index contributed by atoms with van der Waals surface area (Å²) in [4.78, 5) is 11.9. The molecule has 0 atom stereocenters. The molecule has 2 aromatic rings. The monoisotopic (exact) mass is 331 g/mol. The lowest BCUT2D eigenvalue weighted by Gasteiger charge is -2.02. The summed E-state index contributed by atoms with van der Waals surface area (Å²) in [7, 11) is -3.85. The molecule has 23 heavy (non-hydrogen) atoms. The third-order valence-electron chi connectivity index (χ3n) is 2.78. The molecule has 0 aromatic heterocycles. The number of benzene rings is 2. The second-order valence-electron chi connectivity index (χ2n) is 4.39. The molecule has 0 amide bonds. The van der Waals surface area contributed by atoms with Gasteiger partial charge in [-0.05, 0) is 23.8 Å². The van der Waals surface area contributed by atoms with Crippen LogP contribution < -0.4 is 4.83 Å². The van der Waals surface area contributed by atoms with Gasteiger partial charge in [-0.1, -0.05) is 36.4 Å². The number of hydrazone groups is 1. The van der Waals surface area contributed by atoms with E-state index in [-0.39, 0.29) is 10.6 Å². The summed E-state index contributed by atoms with van der Waals surface area (Å²) in [6.45, 7) is 0. The summed E-state index contributed by atoms with van der Waals surface area (Å²) in [6, 6.07) is 14.0. The molecule has 0 saturated carbocycles. The number of hydrogen-bond donors (Lipinski definition) is 1. The van der Waals surface area contributed by atoms with Gasteiger partial charge in [0.1, 0.15) is 0 Å². The average Bonchev–Trinajstić information content (AvgIpc) is 2.55. The SMILES string of the molecule is O=[N+]([O-])c1ccc(S(=O)(=O)N/N=C/C=C\c2ccccc2)cc1. The van der Waals surface area contributed by atoms with Gasteiger partial charge in [0.2, 0.25) is 0 Å². The molecule has 8 heteroatoms. The molecule has 0 spiro atoms. The highest BCUT2D eigenvalue weighted by Crippen LogP contribution is 2.15. The number of sulfonamides is 1. The van der Waals surface area contributed by atoms with Crippen LogP contribution in [0.3, 0.4) is 0 Å². The van der Waals surface area contributed by atoms with Crippen molar-refractivity contribution in [3.05, 3.63) is 76.4 Å². The molecule has 0 fully saturated rings. The van der Waals surface area contributed by atoms with E-state index in [1.807, 2.05) is 35.2 Å². The van der Waals surface area contributed by atoms with E-state index in [0.29, 0.717) is 0 Å². The van der Waals surface area contributed by atoms with Crippen molar-refractivity contribution in [3.63, 3.8) is 0 Å². The van der Waals surface area contributed by atoms with Crippen LogP contribution in [0.1, 0.15) is 5.56 Å². The summed E-state index contributed by atoms with van der Waals surface area (Å²) in [5, 5.41) is 14.1. The predicted molar refractivity (Wildman–Crippen MR) is 87.4 cm³/mol. The number of allylic oxidation sites excluding steroid dienone is 1. The molecule has 2 rings (SSSR count). The van der Waals surface area contributed by atoms with Gasteiger partial charge in [0.05, 0.1) is 9.82 Å². The fourth-order valence-electron chi connectivity index (χ4n) is 1.66. The third kappa shape index (κ3) is 4.75. The van der Waals surface area contributed by atoms with Gasteiger partial charge in [-0.15, -0.1) is 0 Å². The van der Waals surface area contributed by atoms with Gasteiger partial charge in [-0.25, -0.2) is 4.83 Å². The van der Waals surface area contributed by atoms with E-state index in [0.717, 1.165) is 29.8 Å². The minimum atomic E-state index is -3.85. The zero-order chi connectivity index (χ0) is 16.7. The standard InChI is InChI=1S/C15H13N3O4S/c19-18(20)14-8-10-15(11-9-14)23(21,22)17-16-12-4-7-13-5-2-1-3-6-13/h1-12,17H/b7-4-,16-12+. The Morgan fingerprint density at radius 2 is 1.70 bits per heavy atom. The van der Waals surface area contributed by atoms with Crippen LogP contribution in [-0.4, -0.2) is 19.6 Å². The largest absolute Gasteiger partial charge is 0.276 e. The van der Waals surface area contributed by atoms with Crippen LogP contribution in [0.15, 0.2) is 70.7 Å². The van der Waals surface area contributed by atoms with Crippen molar-refractivity contribution in [1.29, 1.82) is 0 Å². The fourth-order valence-corrected chi connectivity index (χ4v) is 2.46. The van der Waals surface area contributed by atoms with Crippen molar-refractivity contribution in [2.24, 2.45) is 5.10 Å². The van der Waals surface area contributed by atoms with Crippen molar-refractivity contribution >= 4 is 28.0 Å². The molecule has 0 aliphatic heterocycles. The molecule has 2 aromatic carbocycles. The molecule has 0 saturated heterocycles. The van der Waals surface area contributed by atoms with E-state index < -0.39 is 14.9 Å². The van der Waals surface area contributed by atoms with Crippen LogP contribution in [0, 0.1) is 10.1 Å². The highest BCUT2D eigenvalue weighted by atomic mass is 32.2. The van der Waals surface area contributed by atoms with E-state index in [4.69, 9.17) is 0 Å². The normalized spacial score (nSPS) is 11.8. The zero-order valence-electron chi connectivity index (χ0n) is 11.9. The summed E-state index contributed by atoms with van der Waals surface area (Å²) in [6.07, 6.45) is 4.66. The van der Waals surface area contributed by atoms with Gasteiger partial charge in [0.15, 0.2) is 0 Å². The lowest BCUT2D eigenvalue weighted by molar-refractivity contribution is -0.384. The molecule has 0 aliphatic carbocycles. The van der Waals surface area contributed by atoms with Crippen LogP contribution in [0.2, 0.25) is 0 Å². The zero-order valence-corrected chi connectivity index (χ0v) is 12.7. The van der Waals surface area contributed by atoms with E-state index in [1.54, 1.807) is 12.2 Å². The van der Waals surface area contributed by atoms with Crippen molar-refractivity contribution < 1.29 is 13.3 Å². The van der Waals surface area contributed by atoms with Crippen molar-refractivity contribution in [2.45, 2.75) is 4.90 Å². The first kappa shape index (κ1) is 16.4. The van der Waals surface area contributed by atoms with Crippen LogP contribution >= 0.6 is 0 Å². The smallest absolute Gasteiger partial charge is 0.258 e. The number of nitro groups is 1. The second kappa shape index (κ2) is 7.32. The van der Waals surface area contributed by atoms with E-state index in [2.05, 4.69) is 5.10 Å². The molecular formula is C15H13N3O4S. The Morgan fingerprint density at radius 1 is 1.04 bits per heavy atom. The van der Waals surface area contributed by atoms with Crippen LogP contribution in [-0.2, 0) is 10.0 Å². The van der Waals surface area contributed by atoms with Gasteiger partial charge in [-0.3, -0.25) is 10.1 Å². The first-order valence-electron chi connectivity index (χ1n) is 6.50. The number of nitrogens with zero attached hydrogens (tertiary/aromatic N) is 2. The first-order chi connectivity index (χ1) is 11.0. The van der Waals surface area contributed by atoms with Crippen molar-refractivity contribution in [3.8, 4) is 0 Å².